The molecule has 0 saturated carbocycles. The van der Waals surface area contributed by atoms with Gasteiger partial charge in [-0.3, -0.25) is 0 Å². The zero-order valence-electron chi connectivity index (χ0n) is 27.3. The third-order valence-corrected chi connectivity index (χ3v) is 11.1. The molecule has 4 heteroatoms. The van der Waals surface area contributed by atoms with Gasteiger partial charge in [-0.15, -0.1) is 0 Å². The Morgan fingerprint density at radius 2 is 0.660 bits per heavy atom. The van der Waals surface area contributed by atoms with Gasteiger partial charge in [0, 0.05) is 10.8 Å². The molecule has 9 rings (SSSR count). The first-order chi connectivity index (χ1) is 24.8. The summed E-state index contributed by atoms with van der Waals surface area (Å²) in [5, 5.41) is 6.72. The fraction of sp³-hybridized carbons (Fsp3) is 0.0435. The van der Waals surface area contributed by atoms with Crippen molar-refractivity contribution >= 4 is 51.6 Å². The van der Waals surface area contributed by atoms with E-state index >= 15 is 0 Å². The highest BCUT2D eigenvalue weighted by Gasteiger charge is 2.36. The zero-order chi connectivity index (χ0) is 33.3. The Morgan fingerprint density at radius 1 is 0.340 bits per heavy atom. The molecule has 0 radical (unpaired) electrons. The van der Waals surface area contributed by atoms with Crippen LogP contribution in [0.25, 0.3) is 43.5 Å². The highest BCUT2D eigenvalue weighted by atomic mass is 31.1. The Morgan fingerprint density at radius 3 is 1.02 bits per heavy atom. The molecule has 0 aliphatic heterocycles. The largest absolute Gasteiger partial charge is 0.408 e. The molecule has 0 N–H and O–H groups in total. The van der Waals surface area contributed by atoms with Gasteiger partial charge >= 0.3 is 8.16 Å². The van der Waals surface area contributed by atoms with Gasteiger partial charge in [0.2, 0.25) is 0 Å². The molecule has 1 heterocycles. The predicted molar refractivity (Wildman–Crippen MR) is 209 cm³/mol. The zero-order valence-corrected chi connectivity index (χ0v) is 28.2. The van der Waals surface area contributed by atoms with Gasteiger partial charge in [-0.2, -0.15) is 4.67 Å². The fourth-order valence-electron chi connectivity index (χ4n) is 7.33. The first-order valence-corrected chi connectivity index (χ1v) is 18.1. The minimum absolute atomic E-state index is 0.208. The van der Waals surface area contributed by atoms with Crippen LogP contribution in [-0.2, 0) is 0 Å². The maximum absolute atomic E-state index is 7.38. The van der Waals surface area contributed by atoms with E-state index in [2.05, 4.69) is 199 Å². The van der Waals surface area contributed by atoms with Gasteiger partial charge in [-0.1, -0.05) is 182 Å². The van der Waals surface area contributed by atoms with Crippen LogP contribution in [0.2, 0.25) is 0 Å². The van der Waals surface area contributed by atoms with E-state index in [1.165, 1.54) is 0 Å². The summed E-state index contributed by atoms with van der Waals surface area (Å²) in [6.45, 7) is 0. The molecule has 240 valence electrons. The summed E-state index contributed by atoms with van der Waals surface area (Å²) in [6, 6.07) is 68.3. The highest BCUT2D eigenvalue weighted by molar-refractivity contribution is 7.39. The summed E-state index contributed by atoms with van der Waals surface area (Å²) in [5.41, 5.74) is 6.27. The second-order valence-electron chi connectivity index (χ2n) is 12.6. The first-order valence-electron chi connectivity index (χ1n) is 17.0. The quantitative estimate of drug-likeness (QED) is 0.170. The lowest BCUT2D eigenvalue weighted by atomic mass is 9.93. The summed E-state index contributed by atoms with van der Waals surface area (Å²) < 4.78 is 17.2. The van der Waals surface area contributed by atoms with Gasteiger partial charge in [0.1, 0.15) is 11.2 Å². The molecule has 0 spiro atoms. The van der Waals surface area contributed by atoms with Crippen molar-refractivity contribution in [3.05, 3.63) is 216 Å². The van der Waals surface area contributed by atoms with E-state index in [9.17, 15) is 0 Å². The summed E-state index contributed by atoms with van der Waals surface area (Å²) in [4.78, 5) is 0. The number of rotatable bonds is 7. The molecule has 0 fully saturated rings. The average Bonchev–Trinajstić information content (AvgIpc) is 3.37. The van der Waals surface area contributed by atoms with Crippen molar-refractivity contribution in [1.29, 1.82) is 0 Å². The topological polar surface area (TPSA) is 29.5 Å². The Kier molecular flexibility index (Phi) is 7.99. The van der Waals surface area contributed by atoms with Crippen molar-refractivity contribution in [3.8, 4) is 0 Å². The third-order valence-electron chi connectivity index (χ3n) is 9.56. The van der Waals surface area contributed by atoms with Gasteiger partial charge in [0.05, 0.1) is 12.1 Å². The van der Waals surface area contributed by atoms with Crippen LogP contribution >= 0.6 is 8.16 Å². The predicted octanol–water partition coefficient (Wildman–Crippen LogP) is 13.1. The molecule has 0 aliphatic carbocycles. The normalized spacial score (nSPS) is 11.7. The molecule has 9 aromatic rings. The van der Waals surface area contributed by atoms with Crippen molar-refractivity contribution in [1.82, 2.24) is 0 Å². The maximum atomic E-state index is 7.38. The van der Waals surface area contributed by atoms with Gasteiger partial charge in [-0.25, -0.2) is 0 Å². The molecule has 0 bridgehead atoms. The van der Waals surface area contributed by atoms with Crippen molar-refractivity contribution in [2.24, 2.45) is 0 Å². The molecule has 3 nitrogen and oxygen atoms in total. The lowest BCUT2D eigenvalue weighted by molar-refractivity contribution is 0.581. The molecule has 0 amide bonds. The highest BCUT2D eigenvalue weighted by Crippen LogP contribution is 2.51. The number of benzene rings is 8. The summed E-state index contributed by atoms with van der Waals surface area (Å²) in [5.74, 6) is 0. The van der Waals surface area contributed by atoms with E-state index in [0.717, 1.165) is 65.7 Å². The summed E-state index contributed by atoms with van der Waals surface area (Å²) in [6.07, 6.45) is 0. The summed E-state index contributed by atoms with van der Waals surface area (Å²) >= 11 is 0. The number of hydrogen-bond donors (Lipinski definition) is 0. The van der Waals surface area contributed by atoms with Crippen LogP contribution in [-0.4, -0.2) is 0 Å². The first kappa shape index (κ1) is 30.2. The monoisotopic (exact) mass is 663 g/mol. The second kappa shape index (κ2) is 13.2. The van der Waals surface area contributed by atoms with Crippen LogP contribution in [0.1, 0.15) is 34.3 Å². The minimum Gasteiger partial charge on any atom is -0.408 e. The molecule has 8 aromatic carbocycles. The lowest BCUT2D eigenvalue weighted by Crippen LogP contribution is -2.32. The average molecular weight is 664 g/mol. The van der Waals surface area contributed by atoms with Gasteiger partial charge in [0.15, 0.2) is 0 Å². The van der Waals surface area contributed by atoms with E-state index in [4.69, 9.17) is 8.39 Å². The van der Waals surface area contributed by atoms with E-state index < -0.39 is 8.16 Å². The fourth-order valence-corrected chi connectivity index (χ4v) is 9.10. The van der Waals surface area contributed by atoms with Crippen molar-refractivity contribution in [3.63, 3.8) is 0 Å². The van der Waals surface area contributed by atoms with Crippen LogP contribution in [0.4, 0.5) is 0 Å². The number of nitrogens with zero attached hydrogens (tertiary/aromatic N) is 1. The molecule has 50 heavy (non-hydrogen) atoms. The lowest BCUT2D eigenvalue weighted by Gasteiger charge is -2.36. The Balaban J connectivity index is 1.46. The SMILES string of the molecule is c1ccc(C(c2ccccc2)N(C(c2ccccc2)c2ccccc2)p2oc3ccc4ccccc4c3c3c(ccc4ccccc43)o2)cc1. The Labute approximate surface area is 292 Å². The van der Waals surface area contributed by atoms with E-state index in [1.54, 1.807) is 0 Å². The van der Waals surface area contributed by atoms with Crippen LogP contribution in [0.3, 0.4) is 0 Å². The number of hydrogen-bond acceptors (Lipinski definition) is 3. The summed E-state index contributed by atoms with van der Waals surface area (Å²) in [7, 11) is -1.79. The van der Waals surface area contributed by atoms with Crippen molar-refractivity contribution in [2.45, 2.75) is 12.1 Å². The van der Waals surface area contributed by atoms with Crippen molar-refractivity contribution in [2.75, 3.05) is 4.67 Å². The molecule has 0 saturated heterocycles. The van der Waals surface area contributed by atoms with Gasteiger partial charge in [0.25, 0.3) is 0 Å². The molecular weight excluding hydrogens is 629 g/mol. The second-order valence-corrected chi connectivity index (χ2v) is 13.9. The van der Waals surface area contributed by atoms with E-state index in [0.29, 0.717) is 0 Å². The molecule has 0 aliphatic rings. The van der Waals surface area contributed by atoms with Crippen LogP contribution in [0.15, 0.2) is 203 Å². The Hall–Kier alpha value is -5.86. The molecule has 0 atom stereocenters. The Bertz CT molecular complexity index is 2350. The van der Waals surface area contributed by atoms with E-state index in [1.807, 2.05) is 0 Å². The van der Waals surface area contributed by atoms with Gasteiger partial charge in [-0.05, 0) is 55.9 Å². The third kappa shape index (κ3) is 5.47. The minimum atomic E-state index is -1.79. The molecule has 1 aromatic heterocycles. The molecular formula is C46H34NO2P. The maximum Gasteiger partial charge on any atom is 0.311 e. The van der Waals surface area contributed by atoms with Crippen molar-refractivity contribution < 1.29 is 8.39 Å². The van der Waals surface area contributed by atoms with Crippen LogP contribution in [0.5, 0.6) is 0 Å². The standard InChI is InChI=1S/C46H34NO2P/c1-5-19-35(20-6-1)45(36-21-7-2-8-22-36)47(46(37-23-9-3-10-24-37)38-25-11-4-12-26-38)50-48-41-31-29-33-17-13-15-27-39(33)43(41)44-40-28-16-14-18-34(40)30-32-42(44)49-50/h1-32,45-46H. The van der Waals surface area contributed by atoms with E-state index in [-0.39, 0.29) is 12.1 Å². The van der Waals surface area contributed by atoms with Gasteiger partial charge < -0.3 is 8.39 Å². The smallest absolute Gasteiger partial charge is 0.311 e. The van der Waals surface area contributed by atoms with Crippen LogP contribution < -0.4 is 4.67 Å². The number of fused-ring (bicyclic) bond motifs is 7. The van der Waals surface area contributed by atoms with Crippen LogP contribution in [0, 0.1) is 0 Å². The molecule has 0 unspecified atom stereocenters.